The van der Waals surface area contributed by atoms with Crippen molar-refractivity contribution < 1.29 is 4.79 Å². The van der Waals surface area contributed by atoms with E-state index in [1.807, 2.05) is 68.7 Å². The zero-order valence-corrected chi connectivity index (χ0v) is 18.2. The Morgan fingerprint density at radius 2 is 1.39 bits per heavy atom. The summed E-state index contributed by atoms with van der Waals surface area (Å²) in [5.74, 6) is 0.172. The molecule has 0 aromatic heterocycles. The van der Waals surface area contributed by atoms with Gasteiger partial charge in [-0.3, -0.25) is 9.69 Å². The number of halogens is 1. The van der Waals surface area contributed by atoms with Gasteiger partial charge in [0.1, 0.15) is 0 Å². The molecule has 3 heteroatoms. The van der Waals surface area contributed by atoms with Crippen LogP contribution in [0.3, 0.4) is 0 Å². The van der Waals surface area contributed by atoms with Crippen LogP contribution < -0.4 is 0 Å². The second-order valence-electron chi connectivity index (χ2n) is 7.36. The van der Waals surface area contributed by atoms with E-state index in [9.17, 15) is 4.79 Å². The molecule has 0 spiro atoms. The van der Waals surface area contributed by atoms with Gasteiger partial charge in [0.15, 0.2) is 5.78 Å². The van der Waals surface area contributed by atoms with Crippen molar-refractivity contribution in [3.05, 3.63) is 94.5 Å². The standard InChI is InChI=1S/C25H26BrNO/c1-4-25(27(2)3,18-19-8-6-5-7-9-19)24(28)22-12-10-20(11-13-22)21-14-16-23(26)17-15-21/h5-17H,4,18H2,1-3H3. The van der Waals surface area contributed by atoms with Gasteiger partial charge >= 0.3 is 0 Å². The lowest BCUT2D eigenvalue weighted by Crippen LogP contribution is -2.52. The first-order valence-electron chi connectivity index (χ1n) is 9.58. The molecule has 1 atom stereocenters. The van der Waals surface area contributed by atoms with Gasteiger partial charge in [0.05, 0.1) is 5.54 Å². The SMILES string of the molecule is CCC(Cc1ccccc1)(C(=O)c1ccc(-c2ccc(Br)cc2)cc1)N(C)C. The van der Waals surface area contributed by atoms with Gasteiger partial charge < -0.3 is 0 Å². The van der Waals surface area contributed by atoms with Crippen LogP contribution in [0.5, 0.6) is 0 Å². The van der Waals surface area contributed by atoms with Crippen molar-refractivity contribution in [1.29, 1.82) is 0 Å². The van der Waals surface area contributed by atoms with Gasteiger partial charge in [0.2, 0.25) is 0 Å². The first-order chi connectivity index (χ1) is 13.5. The molecule has 3 aromatic carbocycles. The van der Waals surface area contributed by atoms with E-state index in [2.05, 4.69) is 52.0 Å². The molecule has 0 amide bonds. The number of Topliss-reactive ketones (excluding diaryl/α,β-unsaturated/α-hetero) is 1. The van der Waals surface area contributed by atoms with Gasteiger partial charge in [-0.25, -0.2) is 0 Å². The number of likely N-dealkylation sites (N-methyl/N-ethyl adjacent to an activating group) is 1. The summed E-state index contributed by atoms with van der Waals surface area (Å²) in [5.41, 5.74) is 3.63. The van der Waals surface area contributed by atoms with Gasteiger partial charge in [-0.15, -0.1) is 0 Å². The van der Waals surface area contributed by atoms with Gasteiger partial charge in [-0.05, 0) is 55.8 Å². The molecule has 0 radical (unpaired) electrons. The Labute approximate surface area is 176 Å². The molecule has 0 aliphatic rings. The van der Waals surface area contributed by atoms with Crippen LogP contribution in [0.1, 0.15) is 29.3 Å². The van der Waals surface area contributed by atoms with Gasteiger partial charge in [0, 0.05) is 10.0 Å². The lowest BCUT2D eigenvalue weighted by Gasteiger charge is -2.38. The average molecular weight is 436 g/mol. The third kappa shape index (κ3) is 4.26. The molecule has 3 aromatic rings. The van der Waals surface area contributed by atoms with E-state index in [1.165, 1.54) is 5.56 Å². The predicted molar refractivity (Wildman–Crippen MR) is 121 cm³/mol. The summed E-state index contributed by atoms with van der Waals surface area (Å²) in [6.45, 7) is 2.09. The molecular weight excluding hydrogens is 410 g/mol. The number of hydrogen-bond acceptors (Lipinski definition) is 2. The Morgan fingerprint density at radius 3 is 1.89 bits per heavy atom. The molecular formula is C25H26BrNO. The average Bonchev–Trinajstić information content (AvgIpc) is 2.73. The zero-order chi connectivity index (χ0) is 20.1. The number of carbonyl (C=O) groups is 1. The van der Waals surface area contributed by atoms with Crippen molar-refractivity contribution in [2.24, 2.45) is 0 Å². The number of nitrogens with zero attached hydrogens (tertiary/aromatic N) is 1. The largest absolute Gasteiger partial charge is 0.297 e. The molecule has 0 aliphatic heterocycles. The van der Waals surface area contributed by atoms with E-state index in [1.54, 1.807) is 0 Å². The van der Waals surface area contributed by atoms with E-state index in [0.29, 0.717) is 6.42 Å². The molecule has 28 heavy (non-hydrogen) atoms. The van der Waals surface area contributed by atoms with Gasteiger partial charge in [-0.2, -0.15) is 0 Å². The van der Waals surface area contributed by atoms with Crippen molar-refractivity contribution in [2.45, 2.75) is 25.3 Å². The fourth-order valence-corrected chi connectivity index (χ4v) is 3.97. The van der Waals surface area contributed by atoms with Crippen LogP contribution >= 0.6 is 15.9 Å². The number of carbonyl (C=O) groups excluding carboxylic acids is 1. The maximum absolute atomic E-state index is 13.6. The minimum absolute atomic E-state index is 0.172. The number of benzene rings is 3. The molecule has 1 unspecified atom stereocenters. The van der Waals surface area contributed by atoms with E-state index in [-0.39, 0.29) is 5.78 Å². The molecule has 0 fully saturated rings. The minimum atomic E-state index is -0.555. The highest BCUT2D eigenvalue weighted by molar-refractivity contribution is 9.10. The van der Waals surface area contributed by atoms with Gasteiger partial charge in [0.25, 0.3) is 0 Å². The van der Waals surface area contributed by atoms with Crippen LogP contribution in [-0.2, 0) is 6.42 Å². The zero-order valence-electron chi connectivity index (χ0n) is 16.7. The fourth-order valence-electron chi connectivity index (χ4n) is 3.70. The van der Waals surface area contributed by atoms with E-state index < -0.39 is 5.54 Å². The third-order valence-corrected chi connectivity index (χ3v) is 6.06. The highest BCUT2D eigenvalue weighted by Gasteiger charge is 2.39. The third-order valence-electron chi connectivity index (χ3n) is 5.53. The highest BCUT2D eigenvalue weighted by atomic mass is 79.9. The molecule has 0 heterocycles. The Balaban J connectivity index is 1.91. The molecule has 0 bridgehead atoms. The van der Waals surface area contributed by atoms with E-state index in [0.717, 1.165) is 27.6 Å². The Hall–Kier alpha value is -2.23. The fraction of sp³-hybridized carbons (Fsp3) is 0.240. The first-order valence-corrected chi connectivity index (χ1v) is 10.4. The summed E-state index contributed by atoms with van der Waals surface area (Å²) in [4.78, 5) is 15.7. The maximum atomic E-state index is 13.6. The van der Waals surface area contributed by atoms with Crippen molar-refractivity contribution in [2.75, 3.05) is 14.1 Å². The molecule has 0 saturated heterocycles. The molecule has 0 saturated carbocycles. The van der Waals surface area contributed by atoms with Crippen LogP contribution in [0.25, 0.3) is 11.1 Å². The second-order valence-corrected chi connectivity index (χ2v) is 8.27. The smallest absolute Gasteiger partial charge is 0.183 e. The lowest BCUT2D eigenvalue weighted by atomic mass is 9.80. The quantitative estimate of drug-likeness (QED) is 0.408. The number of hydrogen-bond donors (Lipinski definition) is 0. The van der Waals surface area contributed by atoms with Crippen LogP contribution in [-0.4, -0.2) is 30.3 Å². The minimum Gasteiger partial charge on any atom is -0.297 e. The van der Waals surface area contributed by atoms with Crippen molar-refractivity contribution in [3.8, 4) is 11.1 Å². The Kier molecular flexibility index (Phi) is 6.48. The van der Waals surface area contributed by atoms with Gasteiger partial charge in [-0.1, -0.05) is 89.6 Å². The summed E-state index contributed by atoms with van der Waals surface area (Å²) in [5, 5.41) is 0. The van der Waals surface area contributed by atoms with Crippen LogP contribution in [0.15, 0.2) is 83.3 Å². The van der Waals surface area contributed by atoms with Crippen LogP contribution in [0.2, 0.25) is 0 Å². The van der Waals surface area contributed by atoms with Crippen LogP contribution in [0.4, 0.5) is 0 Å². The normalized spacial score (nSPS) is 13.3. The highest BCUT2D eigenvalue weighted by Crippen LogP contribution is 2.29. The summed E-state index contributed by atoms with van der Waals surface area (Å²) in [6, 6.07) is 26.5. The molecule has 2 nitrogen and oxygen atoms in total. The molecule has 3 rings (SSSR count). The van der Waals surface area contributed by atoms with Crippen LogP contribution in [0, 0.1) is 0 Å². The summed E-state index contributed by atoms with van der Waals surface area (Å²) in [6.07, 6.45) is 1.45. The maximum Gasteiger partial charge on any atom is 0.183 e. The summed E-state index contributed by atoms with van der Waals surface area (Å²) in [7, 11) is 4.00. The van der Waals surface area contributed by atoms with E-state index in [4.69, 9.17) is 0 Å². The Bertz CT molecular complexity index is 917. The van der Waals surface area contributed by atoms with Crippen molar-refractivity contribution in [3.63, 3.8) is 0 Å². The van der Waals surface area contributed by atoms with E-state index >= 15 is 0 Å². The molecule has 144 valence electrons. The topological polar surface area (TPSA) is 20.3 Å². The second kappa shape index (κ2) is 8.85. The predicted octanol–water partition coefficient (Wildman–Crippen LogP) is 6.25. The van der Waals surface area contributed by atoms with Crippen molar-refractivity contribution in [1.82, 2.24) is 4.90 Å². The molecule has 0 aliphatic carbocycles. The number of ketones is 1. The number of rotatable bonds is 7. The lowest BCUT2D eigenvalue weighted by molar-refractivity contribution is 0.0666. The monoisotopic (exact) mass is 435 g/mol. The summed E-state index contributed by atoms with van der Waals surface area (Å²) >= 11 is 3.47. The first kappa shape index (κ1) is 20.5. The molecule has 0 N–H and O–H groups in total. The van der Waals surface area contributed by atoms with Crippen molar-refractivity contribution >= 4 is 21.7 Å². The summed E-state index contributed by atoms with van der Waals surface area (Å²) < 4.78 is 1.06. The Morgan fingerprint density at radius 1 is 0.857 bits per heavy atom.